The summed E-state index contributed by atoms with van der Waals surface area (Å²) in [4.78, 5) is 4.26. The van der Waals surface area contributed by atoms with E-state index in [1.54, 1.807) is 13.3 Å². The van der Waals surface area contributed by atoms with Gasteiger partial charge in [0.2, 0.25) is 0 Å². The average Bonchev–Trinajstić information content (AvgIpc) is 2.81. The van der Waals surface area contributed by atoms with Crippen molar-refractivity contribution >= 4 is 11.4 Å². The van der Waals surface area contributed by atoms with Crippen molar-refractivity contribution in [1.82, 2.24) is 4.98 Å². The summed E-state index contributed by atoms with van der Waals surface area (Å²) in [6.45, 7) is 1.98. The van der Waals surface area contributed by atoms with Gasteiger partial charge in [-0.15, -0.1) is 0 Å². The van der Waals surface area contributed by atoms with Crippen LogP contribution in [0.5, 0.6) is 5.75 Å². The van der Waals surface area contributed by atoms with Crippen molar-refractivity contribution in [2.24, 2.45) is 0 Å². The second-order valence-corrected chi connectivity index (χ2v) is 5.22. The number of aromatic nitrogens is 1. The summed E-state index contributed by atoms with van der Waals surface area (Å²) < 4.78 is 5.37. The molecule has 3 rings (SSSR count). The predicted octanol–water partition coefficient (Wildman–Crippen LogP) is 3.08. The SMILES string of the molecule is COc1cnc(C)cc1NC1CCc2cc(N)ccc21. The lowest BCUT2D eigenvalue weighted by molar-refractivity contribution is 0.414. The van der Waals surface area contributed by atoms with Crippen LogP contribution in [0.3, 0.4) is 0 Å². The first-order chi connectivity index (χ1) is 9.67. The summed E-state index contributed by atoms with van der Waals surface area (Å²) in [5, 5.41) is 3.57. The molecule has 0 fully saturated rings. The highest BCUT2D eigenvalue weighted by atomic mass is 16.5. The number of ether oxygens (including phenoxy) is 1. The zero-order valence-electron chi connectivity index (χ0n) is 11.8. The van der Waals surface area contributed by atoms with E-state index >= 15 is 0 Å². The van der Waals surface area contributed by atoms with Gasteiger partial charge in [-0.1, -0.05) is 6.07 Å². The van der Waals surface area contributed by atoms with Crippen molar-refractivity contribution in [2.75, 3.05) is 18.2 Å². The van der Waals surface area contributed by atoms with Gasteiger partial charge in [-0.25, -0.2) is 0 Å². The third kappa shape index (κ3) is 2.29. The quantitative estimate of drug-likeness (QED) is 0.841. The lowest BCUT2D eigenvalue weighted by atomic mass is 10.1. The van der Waals surface area contributed by atoms with E-state index in [1.807, 2.05) is 19.1 Å². The Labute approximate surface area is 119 Å². The summed E-state index contributed by atoms with van der Waals surface area (Å²) in [5.41, 5.74) is 11.3. The number of rotatable bonds is 3. The summed E-state index contributed by atoms with van der Waals surface area (Å²) in [5.74, 6) is 0.777. The van der Waals surface area contributed by atoms with Gasteiger partial charge >= 0.3 is 0 Å². The van der Waals surface area contributed by atoms with Crippen LogP contribution in [0.15, 0.2) is 30.5 Å². The molecule has 1 aromatic carbocycles. The molecule has 1 aliphatic carbocycles. The van der Waals surface area contributed by atoms with Gasteiger partial charge in [-0.3, -0.25) is 4.98 Å². The maximum absolute atomic E-state index is 5.85. The second kappa shape index (κ2) is 5.04. The van der Waals surface area contributed by atoms with Crippen LogP contribution < -0.4 is 15.8 Å². The topological polar surface area (TPSA) is 60.2 Å². The lowest BCUT2D eigenvalue weighted by Crippen LogP contribution is -2.08. The molecule has 0 saturated carbocycles. The molecule has 1 aromatic heterocycles. The van der Waals surface area contributed by atoms with Crippen LogP contribution in [0.4, 0.5) is 11.4 Å². The minimum absolute atomic E-state index is 0.307. The molecule has 4 heteroatoms. The number of nitrogens with zero attached hydrogens (tertiary/aromatic N) is 1. The summed E-state index contributed by atoms with van der Waals surface area (Å²) in [7, 11) is 1.67. The molecule has 0 amide bonds. The number of hydrogen-bond acceptors (Lipinski definition) is 4. The van der Waals surface area contributed by atoms with Gasteiger partial charge in [0.05, 0.1) is 25.0 Å². The van der Waals surface area contributed by atoms with E-state index in [-0.39, 0.29) is 0 Å². The molecule has 104 valence electrons. The fourth-order valence-corrected chi connectivity index (χ4v) is 2.80. The molecule has 1 atom stereocenters. The van der Waals surface area contributed by atoms with E-state index in [0.29, 0.717) is 6.04 Å². The Bertz CT molecular complexity index is 640. The van der Waals surface area contributed by atoms with E-state index < -0.39 is 0 Å². The number of methoxy groups -OCH3 is 1. The third-order valence-electron chi connectivity index (χ3n) is 3.80. The van der Waals surface area contributed by atoms with E-state index in [0.717, 1.165) is 35.7 Å². The maximum atomic E-state index is 5.85. The van der Waals surface area contributed by atoms with Crippen LogP contribution in [-0.4, -0.2) is 12.1 Å². The zero-order valence-corrected chi connectivity index (χ0v) is 11.8. The molecule has 1 unspecified atom stereocenters. The van der Waals surface area contributed by atoms with Crippen molar-refractivity contribution in [3.05, 3.63) is 47.3 Å². The first kappa shape index (κ1) is 12.8. The third-order valence-corrected chi connectivity index (χ3v) is 3.80. The molecule has 20 heavy (non-hydrogen) atoms. The Morgan fingerprint density at radius 1 is 1.35 bits per heavy atom. The Morgan fingerprint density at radius 2 is 2.20 bits per heavy atom. The fourth-order valence-electron chi connectivity index (χ4n) is 2.80. The number of hydrogen-bond donors (Lipinski definition) is 2. The van der Waals surface area contributed by atoms with Crippen molar-refractivity contribution < 1.29 is 4.74 Å². The average molecular weight is 269 g/mol. The number of nitrogens with one attached hydrogen (secondary N) is 1. The molecular formula is C16H19N3O. The number of aryl methyl sites for hydroxylation is 2. The van der Waals surface area contributed by atoms with Crippen LogP contribution in [0.2, 0.25) is 0 Å². The molecule has 0 saturated heterocycles. The van der Waals surface area contributed by atoms with Crippen LogP contribution in [0.25, 0.3) is 0 Å². The van der Waals surface area contributed by atoms with Gasteiger partial charge in [-0.05, 0) is 49.1 Å². The Balaban J connectivity index is 1.89. The minimum atomic E-state index is 0.307. The minimum Gasteiger partial charge on any atom is -0.493 e. The summed E-state index contributed by atoms with van der Waals surface area (Å²) >= 11 is 0. The van der Waals surface area contributed by atoms with Crippen molar-refractivity contribution in [2.45, 2.75) is 25.8 Å². The first-order valence-electron chi connectivity index (χ1n) is 6.83. The Hall–Kier alpha value is -2.23. The van der Waals surface area contributed by atoms with Crippen molar-refractivity contribution in [3.63, 3.8) is 0 Å². The number of anilines is 2. The monoisotopic (exact) mass is 269 g/mol. The van der Waals surface area contributed by atoms with Crippen LogP contribution in [-0.2, 0) is 6.42 Å². The smallest absolute Gasteiger partial charge is 0.160 e. The van der Waals surface area contributed by atoms with Crippen molar-refractivity contribution in [3.8, 4) is 5.75 Å². The fraction of sp³-hybridized carbons (Fsp3) is 0.312. The number of pyridine rings is 1. The summed E-state index contributed by atoms with van der Waals surface area (Å²) in [6.07, 6.45) is 3.89. The molecule has 0 bridgehead atoms. The number of nitrogen functional groups attached to an aromatic ring is 1. The van der Waals surface area contributed by atoms with Gasteiger partial charge in [0.15, 0.2) is 5.75 Å². The van der Waals surface area contributed by atoms with Gasteiger partial charge in [0, 0.05) is 11.4 Å². The molecule has 0 aliphatic heterocycles. The molecule has 1 heterocycles. The van der Waals surface area contributed by atoms with Gasteiger partial charge < -0.3 is 15.8 Å². The van der Waals surface area contributed by atoms with E-state index in [9.17, 15) is 0 Å². The van der Waals surface area contributed by atoms with Gasteiger partial charge in [0.1, 0.15) is 0 Å². The Morgan fingerprint density at radius 3 is 3.00 bits per heavy atom. The Kier molecular flexibility index (Phi) is 3.22. The van der Waals surface area contributed by atoms with Crippen LogP contribution >= 0.6 is 0 Å². The first-order valence-corrected chi connectivity index (χ1v) is 6.83. The van der Waals surface area contributed by atoms with E-state index in [4.69, 9.17) is 10.5 Å². The predicted molar refractivity (Wildman–Crippen MR) is 81.1 cm³/mol. The lowest BCUT2D eigenvalue weighted by Gasteiger charge is -2.18. The number of benzene rings is 1. The molecule has 3 N–H and O–H groups in total. The summed E-state index contributed by atoms with van der Waals surface area (Å²) in [6, 6.07) is 8.49. The highest BCUT2D eigenvalue weighted by Gasteiger charge is 2.23. The van der Waals surface area contributed by atoms with E-state index in [2.05, 4.69) is 22.4 Å². The van der Waals surface area contributed by atoms with Crippen molar-refractivity contribution in [1.29, 1.82) is 0 Å². The molecule has 0 spiro atoms. The largest absolute Gasteiger partial charge is 0.493 e. The van der Waals surface area contributed by atoms with Gasteiger partial charge in [-0.2, -0.15) is 0 Å². The van der Waals surface area contributed by atoms with Crippen LogP contribution in [0, 0.1) is 6.92 Å². The molecule has 1 aliphatic rings. The zero-order chi connectivity index (χ0) is 14.1. The van der Waals surface area contributed by atoms with Crippen LogP contribution in [0.1, 0.15) is 29.3 Å². The number of fused-ring (bicyclic) bond motifs is 1. The molecular weight excluding hydrogens is 250 g/mol. The highest BCUT2D eigenvalue weighted by Crippen LogP contribution is 2.37. The second-order valence-electron chi connectivity index (χ2n) is 5.22. The molecule has 4 nitrogen and oxygen atoms in total. The number of nitrogens with two attached hydrogens (primary N) is 1. The molecule has 0 radical (unpaired) electrons. The molecule has 2 aromatic rings. The highest BCUT2D eigenvalue weighted by molar-refractivity contribution is 5.59. The van der Waals surface area contributed by atoms with Gasteiger partial charge in [0.25, 0.3) is 0 Å². The maximum Gasteiger partial charge on any atom is 0.160 e. The normalized spacial score (nSPS) is 16.8. The van der Waals surface area contributed by atoms with E-state index in [1.165, 1.54) is 11.1 Å². The standard InChI is InChI=1S/C16H19N3O/c1-10-7-15(16(20-2)9-18-10)19-14-6-3-11-8-12(17)4-5-13(11)14/h4-5,7-9,14H,3,6,17H2,1-2H3,(H,18,19).